The summed E-state index contributed by atoms with van der Waals surface area (Å²) in [5.74, 6) is -0.628. The van der Waals surface area contributed by atoms with Crippen molar-refractivity contribution in [1.29, 1.82) is 5.26 Å². The van der Waals surface area contributed by atoms with Gasteiger partial charge in [-0.05, 0) is 55.3 Å². The average Bonchev–Trinajstić information content (AvgIpc) is 2.95. The van der Waals surface area contributed by atoms with E-state index in [1.807, 2.05) is 6.07 Å². The fraction of sp³-hybridized carbons (Fsp3) is 0.286. The smallest absolute Gasteiger partial charge is 0.253 e. The minimum Gasteiger partial charge on any atom is -0.337 e. The Hall–Kier alpha value is -3.20. The summed E-state index contributed by atoms with van der Waals surface area (Å²) >= 11 is 0. The van der Waals surface area contributed by atoms with E-state index in [1.165, 1.54) is 12.1 Å². The number of carbonyl (C=O) groups is 2. The predicted molar refractivity (Wildman–Crippen MR) is 98.7 cm³/mol. The Morgan fingerprint density at radius 2 is 1.59 bits per heavy atom. The van der Waals surface area contributed by atoms with E-state index in [9.17, 15) is 14.0 Å². The van der Waals surface area contributed by atoms with Crippen molar-refractivity contribution in [3.05, 3.63) is 70.5 Å². The van der Waals surface area contributed by atoms with E-state index >= 15 is 0 Å². The van der Waals surface area contributed by atoms with Gasteiger partial charge in [-0.15, -0.1) is 0 Å². The molecule has 6 heteroatoms. The van der Waals surface area contributed by atoms with E-state index in [4.69, 9.17) is 5.26 Å². The second-order valence-electron chi connectivity index (χ2n) is 6.59. The van der Waals surface area contributed by atoms with Gasteiger partial charge in [-0.1, -0.05) is 6.07 Å². The summed E-state index contributed by atoms with van der Waals surface area (Å²) in [7, 11) is 0. The Morgan fingerprint density at radius 3 is 2.19 bits per heavy atom. The molecule has 0 saturated carbocycles. The van der Waals surface area contributed by atoms with Gasteiger partial charge in [0.2, 0.25) is 0 Å². The van der Waals surface area contributed by atoms with Crippen molar-refractivity contribution >= 4 is 11.8 Å². The predicted octanol–water partition coefficient (Wildman–Crippen LogP) is 2.99. The summed E-state index contributed by atoms with van der Waals surface area (Å²) in [4.78, 5) is 28.8. The number of hydrogen-bond donors (Lipinski definition) is 0. The van der Waals surface area contributed by atoms with Crippen LogP contribution in [0.15, 0.2) is 42.5 Å². The number of rotatable bonds is 2. The molecule has 0 aliphatic carbocycles. The van der Waals surface area contributed by atoms with E-state index in [1.54, 1.807) is 47.1 Å². The van der Waals surface area contributed by atoms with Crippen LogP contribution in [0.25, 0.3) is 0 Å². The molecule has 1 saturated heterocycles. The summed E-state index contributed by atoms with van der Waals surface area (Å²) in [6.45, 7) is 3.55. The van der Waals surface area contributed by atoms with Crippen LogP contribution in [0.1, 0.15) is 38.3 Å². The molecular formula is C21H20FN3O2. The van der Waals surface area contributed by atoms with E-state index in [0.29, 0.717) is 54.9 Å². The van der Waals surface area contributed by atoms with Gasteiger partial charge in [0.05, 0.1) is 11.6 Å². The Balaban J connectivity index is 1.69. The zero-order valence-corrected chi connectivity index (χ0v) is 15.1. The molecule has 27 heavy (non-hydrogen) atoms. The summed E-state index contributed by atoms with van der Waals surface area (Å²) in [6, 6.07) is 13.0. The molecule has 2 amide bonds. The van der Waals surface area contributed by atoms with Crippen LogP contribution in [0.3, 0.4) is 0 Å². The molecule has 0 N–H and O–H groups in total. The number of hydrogen-bond acceptors (Lipinski definition) is 3. The van der Waals surface area contributed by atoms with Crippen molar-refractivity contribution in [3.63, 3.8) is 0 Å². The third kappa shape index (κ3) is 4.14. The first-order valence-corrected chi connectivity index (χ1v) is 8.84. The standard InChI is InChI=1S/C21H20FN3O2/c1-15-12-18(6-7-19(15)22)21(27)25-9-3-8-24(10-11-25)20(26)17-5-2-4-16(13-17)14-23/h2,4-7,12-13H,3,8-11H2,1H3. The van der Waals surface area contributed by atoms with Crippen molar-refractivity contribution in [2.45, 2.75) is 13.3 Å². The molecule has 2 aromatic rings. The highest BCUT2D eigenvalue weighted by Gasteiger charge is 2.24. The Morgan fingerprint density at radius 1 is 0.963 bits per heavy atom. The van der Waals surface area contributed by atoms with Crippen LogP contribution in [0.4, 0.5) is 4.39 Å². The minimum absolute atomic E-state index is 0.140. The van der Waals surface area contributed by atoms with Gasteiger partial charge in [-0.25, -0.2) is 4.39 Å². The number of benzene rings is 2. The van der Waals surface area contributed by atoms with Crippen molar-refractivity contribution < 1.29 is 14.0 Å². The maximum Gasteiger partial charge on any atom is 0.253 e. The highest BCUT2D eigenvalue weighted by atomic mass is 19.1. The zero-order valence-electron chi connectivity index (χ0n) is 15.1. The molecule has 0 spiro atoms. The first-order valence-electron chi connectivity index (χ1n) is 8.84. The van der Waals surface area contributed by atoms with Gasteiger partial charge < -0.3 is 9.80 Å². The molecule has 2 aromatic carbocycles. The lowest BCUT2D eigenvalue weighted by atomic mass is 10.1. The first-order chi connectivity index (χ1) is 13.0. The van der Waals surface area contributed by atoms with Crippen molar-refractivity contribution in [2.75, 3.05) is 26.2 Å². The molecule has 0 radical (unpaired) electrons. The minimum atomic E-state index is -0.334. The van der Waals surface area contributed by atoms with E-state index in [0.717, 1.165) is 0 Å². The molecule has 5 nitrogen and oxygen atoms in total. The van der Waals surface area contributed by atoms with Crippen molar-refractivity contribution in [1.82, 2.24) is 9.80 Å². The topological polar surface area (TPSA) is 64.4 Å². The van der Waals surface area contributed by atoms with Crippen LogP contribution in [0, 0.1) is 24.1 Å². The van der Waals surface area contributed by atoms with Gasteiger partial charge >= 0.3 is 0 Å². The molecule has 1 aliphatic rings. The Bertz CT molecular complexity index is 920. The third-order valence-corrected chi connectivity index (χ3v) is 4.71. The monoisotopic (exact) mass is 365 g/mol. The zero-order chi connectivity index (χ0) is 19.4. The van der Waals surface area contributed by atoms with Crippen LogP contribution < -0.4 is 0 Å². The van der Waals surface area contributed by atoms with E-state index in [-0.39, 0.29) is 17.6 Å². The van der Waals surface area contributed by atoms with Gasteiger partial charge in [0.15, 0.2) is 0 Å². The highest BCUT2D eigenvalue weighted by molar-refractivity contribution is 5.95. The quantitative estimate of drug-likeness (QED) is 0.822. The van der Waals surface area contributed by atoms with Gasteiger partial charge in [-0.3, -0.25) is 9.59 Å². The lowest BCUT2D eigenvalue weighted by Gasteiger charge is -2.22. The molecule has 0 aromatic heterocycles. The second-order valence-corrected chi connectivity index (χ2v) is 6.59. The van der Waals surface area contributed by atoms with Crippen molar-refractivity contribution in [3.8, 4) is 6.07 Å². The van der Waals surface area contributed by atoms with Gasteiger partial charge in [0, 0.05) is 37.3 Å². The van der Waals surface area contributed by atoms with Crippen LogP contribution in [0.2, 0.25) is 0 Å². The fourth-order valence-electron chi connectivity index (χ4n) is 3.19. The highest BCUT2D eigenvalue weighted by Crippen LogP contribution is 2.15. The fourth-order valence-corrected chi connectivity index (χ4v) is 3.19. The molecule has 0 atom stereocenters. The molecule has 0 unspecified atom stereocenters. The van der Waals surface area contributed by atoms with Crippen LogP contribution in [-0.2, 0) is 0 Å². The molecule has 0 bridgehead atoms. The number of halogens is 1. The molecule has 1 fully saturated rings. The summed E-state index contributed by atoms with van der Waals surface area (Å²) in [6.07, 6.45) is 0.662. The van der Waals surface area contributed by atoms with Crippen LogP contribution in [0.5, 0.6) is 0 Å². The van der Waals surface area contributed by atoms with E-state index < -0.39 is 0 Å². The largest absolute Gasteiger partial charge is 0.337 e. The molecule has 3 rings (SSSR count). The normalized spacial score (nSPS) is 14.4. The van der Waals surface area contributed by atoms with Crippen molar-refractivity contribution in [2.24, 2.45) is 0 Å². The van der Waals surface area contributed by atoms with Gasteiger partial charge in [0.1, 0.15) is 5.82 Å². The molecule has 1 aliphatic heterocycles. The summed E-state index contributed by atoms with van der Waals surface area (Å²) in [5.41, 5.74) is 1.81. The lowest BCUT2D eigenvalue weighted by Crippen LogP contribution is -2.37. The summed E-state index contributed by atoms with van der Waals surface area (Å²) in [5, 5.41) is 9.00. The van der Waals surface area contributed by atoms with Gasteiger partial charge in [0.25, 0.3) is 11.8 Å². The SMILES string of the molecule is Cc1cc(C(=O)N2CCCN(C(=O)c3cccc(C#N)c3)CC2)ccc1F. The molecular weight excluding hydrogens is 345 g/mol. The van der Waals surface area contributed by atoms with Crippen LogP contribution >= 0.6 is 0 Å². The maximum atomic E-state index is 13.4. The maximum absolute atomic E-state index is 13.4. The van der Waals surface area contributed by atoms with Crippen LogP contribution in [-0.4, -0.2) is 47.8 Å². The molecule has 1 heterocycles. The second kappa shape index (κ2) is 8.00. The summed E-state index contributed by atoms with van der Waals surface area (Å²) < 4.78 is 13.4. The third-order valence-electron chi connectivity index (χ3n) is 4.71. The Labute approximate surface area is 157 Å². The number of amides is 2. The van der Waals surface area contributed by atoms with E-state index in [2.05, 4.69) is 0 Å². The Kier molecular flexibility index (Phi) is 5.51. The number of nitrogens with zero attached hydrogens (tertiary/aromatic N) is 3. The van der Waals surface area contributed by atoms with Gasteiger partial charge in [-0.2, -0.15) is 5.26 Å². The number of nitriles is 1. The number of carbonyl (C=O) groups excluding carboxylic acids is 2. The average molecular weight is 365 g/mol. The first kappa shape index (κ1) is 18.6. The molecule has 138 valence electrons. The lowest BCUT2D eigenvalue weighted by molar-refractivity contribution is 0.0718. The number of aryl methyl sites for hydroxylation is 1.